The molecule has 100 valence electrons. The van der Waals surface area contributed by atoms with E-state index in [1.54, 1.807) is 0 Å². The Morgan fingerprint density at radius 1 is 1.00 bits per heavy atom. The lowest BCUT2D eigenvalue weighted by Crippen LogP contribution is -2.45. The van der Waals surface area contributed by atoms with E-state index in [-0.39, 0.29) is 5.54 Å². The third-order valence-electron chi connectivity index (χ3n) is 4.58. The molecule has 1 aromatic rings. The minimum Gasteiger partial charge on any atom is -0.325 e. The average molecular weight is 245 g/mol. The maximum atomic E-state index is 6.54. The van der Waals surface area contributed by atoms with E-state index in [0.29, 0.717) is 5.41 Å². The zero-order valence-electron chi connectivity index (χ0n) is 11.9. The van der Waals surface area contributed by atoms with Gasteiger partial charge in [-0.05, 0) is 55.9 Å². The highest BCUT2D eigenvalue weighted by Gasteiger charge is 2.34. The lowest BCUT2D eigenvalue weighted by atomic mass is 9.68. The van der Waals surface area contributed by atoms with E-state index < -0.39 is 0 Å². The maximum absolute atomic E-state index is 6.54. The number of aryl methyl sites for hydroxylation is 1. The van der Waals surface area contributed by atoms with Crippen LogP contribution in [0.15, 0.2) is 30.3 Å². The van der Waals surface area contributed by atoms with Crippen LogP contribution in [0.25, 0.3) is 0 Å². The van der Waals surface area contributed by atoms with E-state index in [1.165, 1.54) is 50.5 Å². The standard InChI is InChI=1S/C17H27N/c1-16(2)11-13-17(18,14-12-16)10-6-9-15-7-4-3-5-8-15/h3-5,7-8H,6,9-14,18H2,1-2H3. The molecule has 0 heterocycles. The normalized spacial score (nSPS) is 21.7. The van der Waals surface area contributed by atoms with E-state index in [9.17, 15) is 0 Å². The van der Waals surface area contributed by atoms with Crippen LogP contribution in [0.3, 0.4) is 0 Å². The lowest BCUT2D eigenvalue weighted by molar-refractivity contribution is 0.156. The molecule has 0 atom stereocenters. The molecule has 0 unspecified atom stereocenters. The van der Waals surface area contributed by atoms with Crippen molar-refractivity contribution in [1.82, 2.24) is 0 Å². The van der Waals surface area contributed by atoms with Gasteiger partial charge in [-0.15, -0.1) is 0 Å². The van der Waals surface area contributed by atoms with Crippen molar-refractivity contribution in [2.24, 2.45) is 11.1 Å². The molecule has 0 aliphatic heterocycles. The molecule has 1 aliphatic rings. The van der Waals surface area contributed by atoms with Gasteiger partial charge in [0.2, 0.25) is 0 Å². The summed E-state index contributed by atoms with van der Waals surface area (Å²) in [6.07, 6.45) is 8.55. The van der Waals surface area contributed by atoms with Gasteiger partial charge in [0, 0.05) is 5.54 Å². The zero-order valence-corrected chi connectivity index (χ0v) is 11.9. The molecule has 0 spiro atoms. The van der Waals surface area contributed by atoms with Gasteiger partial charge in [0.05, 0.1) is 0 Å². The van der Waals surface area contributed by atoms with Crippen LogP contribution in [0.5, 0.6) is 0 Å². The Morgan fingerprint density at radius 3 is 2.22 bits per heavy atom. The number of rotatable bonds is 4. The van der Waals surface area contributed by atoms with E-state index in [4.69, 9.17) is 5.73 Å². The van der Waals surface area contributed by atoms with Crippen molar-refractivity contribution in [2.75, 3.05) is 0 Å². The van der Waals surface area contributed by atoms with Gasteiger partial charge < -0.3 is 5.73 Å². The van der Waals surface area contributed by atoms with Crippen molar-refractivity contribution >= 4 is 0 Å². The molecule has 1 heteroatoms. The highest BCUT2D eigenvalue weighted by molar-refractivity contribution is 5.14. The summed E-state index contributed by atoms with van der Waals surface area (Å²) in [5.74, 6) is 0. The van der Waals surface area contributed by atoms with Gasteiger partial charge in [-0.1, -0.05) is 44.2 Å². The van der Waals surface area contributed by atoms with Crippen LogP contribution in [-0.2, 0) is 6.42 Å². The van der Waals surface area contributed by atoms with Crippen LogP contribution in [-0.4, -0.2) is 5.54 Å². The van der Waals surface area contributed by atoms with Crippen molar-refractivity contribution in [2.45, 2.75) is 64.3 Å². The SMILES string of the molecule is CC1(C)CCC(N)(CCCc2ccccc2)CC1. The van der Waals surface area contributed by atoms with E-state index in [2.05, 4.69) is 44.2 Å². The van der Waals surface area contributed by atoms with Crippen molar-refractivity contribution in [3.63, 3.8) is 0 Å². The fourth-order valence-corrected chi connectivity index (χ4v) is 2.96. The fourth-order valence-electron chi connectivity index (χ4n) is 2.96. The first-order chi connectivity index (χ1) is 8.49. The van der Waals surface area contributed by atoms with Crippen LogP contribution in [0, 0.1) is 5.41 Å². The summed E-state index contributed by atoms with van der Waals surface area (Å²) < 4.78 is 0. The van der Waals surface area contributed by atoms with Crippen molar-refractivity contribution in [1.29, 1.82) is 0 Å². The summed E-state index contributed by atoms with van der Waals surface area (Å²) in [4.78, 5) is 0. The molecule has 1 nitrogen and oxygen atoms in total. The highest BCUT2D eigenvalue weighted by atomic mass is 14.7. The summed E-state index contributed by atoms with van der Waals surface area (Å²) in [5.41, 5.74) is 8.62. The summed E-state index contributed by atoms with van der Waals surface area (Å²) in [6.45, 7) is 4.74. The predicted molar refractivity (Wildman–Crippen MR) is 78.5 cm³/mol. The van der Waals surface area contributed by atoms with Gasteiger partial charge in [-0.2, -0.15) is 0 Å². The minimum absolute atomic E-state index is 0.115. The molecule has 1 aromatic carbocycles. The molecule has 0 aromatic heterocycles. The second-order valence-corrected chi connectivity index (χ2v) is 6.87. The van der Waals surface area contributed by atoms with Crippen LogP contribution >= 0.6 is 0 Å². The smallest absolute Gasteiger partial charge is 0.0154 e. The number of hydrogen-bond donors (Lipinski definition) is 1. The molecule has 0 bridgehead atoms. The molecular weight excluding hydrogens is 218 g/mol. The van der Waals surface area contributed by atoms with Gasteiger partial charge in [0.15, 0.2) is 0 Å². The van der Waals surface area contributed by atoms with Gasteiger partial charge in [0.25, 0.3) is 0 Å². The third kappa shape index (κ3) is 3.84. The molecule has 2 rings (SSSR count). The first kappa shape index (κ1) is 13.6. The monoisotopic (exact) mass is 245 g/mol. The Hall–Kier alpha value is -0.820. The Labute approximate surface area is 112 Å². The van der Waals surface area contributed by atoms with Crippen molar-refractivity contribution in [3.05, 3.63) is 35.9 Å². The first-order valence-electron chi connectivity index (χ1n) is 7.32. The Kier molecular flexibility index (Phi) is 4.11. The maximum Gasteiger partial charge on any atom is 0.0154 e. The van der Waals surface area contributed by atoms with E-state index in [1.807, 2.05) is 0 Å². The third-order valence-corrected chi connectivity index (χ3v) is 4.58. The van der Waals surface area contributed by atoms with Crippen LogP contribution in [0.2, 0.25) is 0 Å². The number of hydrogen-bond acceptors (Lipinski definition) is 1. The average Bonchev–Trinajstić information content (AvgIpc) is 2.35. The Bertz CT molecular complexity index is 356. The minimum atomic E-state index is 0.115. The van der Waals surface area contributed by atoms with Crippen molar-refractivity contribution < 1.29 is 0 Å². The van der Waals surface area contributed by atoms with E-state index in [0.717, 1.165) is 0 Å². The number of benzene rings is 1. The van der Waals surface area contributed by atoms with Crippen molar-refractivity contribution in [3.8, 4) is 0 Å². The molecule has 1 saturated carbocycles. The van der Waals surface area contributed by atoms with Crippen LogP contribution < -0.4 is 5.73 Å². The largest absolute Gasteiger partial charge is 0.325 e. The molecule has 1 aliphatic carbocycles. The molecule has 0 radical (unpaired) electrons. The van der Waals surface area contributed by atoms with Gasteiger partial charge in [0.1, 0.15) is 0 Å². The molecule has 0 saturated heterocycles. The van der Waals surface area contributed by atoms with Gasteiger partial charge in [-0.25, -0.2) is 0 Å². The Morgan fingerprint density at radius 2 is 1.61 bits per heavy atom. The molecule has 1 fully saturated rings. The van der Waals surface area contributed by atoms with Gasteiger partial charge >= 0.3 is 0 Å². The summed E-state index contributed by atoms with van der Waals surface area (Å²) in [5, 5.41) is 0. The summed E-state index contributed by atoms with van der Waals surface area (Å²) in [6, 6.07) is 10.8. The van der Waals surface area contributed by atoms with Crippen LogP contribution in [0.4, 0.5) is 0 Å². The quantitative estimate of drug-likeness (QED) is 0.840. The summed E-state index contributed by atoms with van der Waals surface area (Å²) >= 11 is 0. The highest BCUT2D eigenvalue weighted by Crippen LogP contribution is 2.40. The molecule has 0 amide bonds. The van der Waals surface area contributed by atoms with Crippen LogP contribution in [0.1, 0.15) is 57.9 Å². The number of nitrogens with two attached hydrogens (primary N) is 1. The lowest BCUT2D eigenvalue weighted by Gasteiger charge is -2.41. The Balaban J connectivity index is 1.77. The predicted octanol–water partition coefficient (Wildman–Crippen LogP) is 4.31. The topological polar surface area (TPSA) is 26.0 Å². The second-order valence-electron chi connectivity index (χ2n) is 6.87. The molecule has 18 heavy (non-hydrogen) atoms. The summed E-state index contributed by atoms with van der Waals surface area (Å²) in [7, 11) is 0. The van der Waals surface area contributed by atoms with Gasteiger partial charge in [-0.3, -0.25) is 0 Å². The molecular formula is C17H27N. The zero-order chi connectivity index (χ0) is 13.1. The second kappa shape index (κ2) is 5.44. The van der Waals surface area contributed by atoms with E-state index >= 15 is 0 Å². The fraction of sp³-hybridized carbons (Fsp3) is 0.647. The molecule has 2 N–H and O–H groups in total. The first-order valence-corrected chi connectivity index (χ1v) is 7.32.